The molecule has 0 saturated heterocycles. The third-order valence-corrected chi connectivity index (χ3v) is 1.57. The zero-order valence-electron chi connectivity index (χ0n) is 9.95. The summed E-state index contributed by atoms with van der Waals surface area (Å²) in [5.41, 5.74) is 4.80. The van der Waals surface area contributed by atoms with E-state index in [4.69, 9.17) is 5.73 Å². The summed E-state index contributed by atoms with van der Waals surface area (Å²) in [7, 11) is 0. The van der Waals surface area contributed by atoms with Gasteiger partial charge in [0.1, 0.15) is 6.54 Å². The zero-order valence-corrected chi connectivity index (χ0v) is 9.95. The maximum Gasteiger partial charge on any atom is 0.407 e. The standard InChI is InChI=1S/C9H16N4O5/c1-2-18-9(17)13-5-8(16)12-4-7(15)11-3-6(10)14/h2-5H2,1H3,(H2,10,14)(H,11,15)(H,12,16)(H,13,17). The van der Waals surface area contributed by atoms with E-state index in [2.05, 4.69) is 20.7 Å². The molecule has 0 unspecified atom stereocenters. The van der Waals surface area contributed by atoms with Gasteiger partial charge in [-0.1, -0.05) is 0 Å². The zero-order chi connectivity index (χ0) is 14.0. The molecule has 102 valence electrons. The Morgan fingerprint density at radius 1 is 0.944 bits per heavy atom. The summed E-state index contributed by atoms with van der Waals surface area (Å²) in [6, 6.07) is 0. The number of nitrogens with two attached hydrogens (primary N) is 1. The number of alkyl carbamates (subject to hydrolysis) is 1. The lowest BCUT2D eigenvalue weighted by Crippen LogP contribution is -2.43. The van der Waals surface area contributed by atoms with Crippen LogP contribution >= 0.6 is 0 Å². The Morgan fingerprint density at radius 3 is 1.94 bits per heavy atom. The number of carbonyl (C=O) groups is 4. The van der Waals surface area contributed by atoms with Crippen molar-refractivity contribution in [2.75, 3.05) is 26.2 Å². The van der Waals surface area contributed by atoms with Gasteiger partial charge in [0.25, 0.3) is 0 Å². The van der Waals surface area contributed by atoms with Gasteiger partial charge in [0.05, 0.1) is 19.7 Å². The van der Waals surface area contributed by atoms with Crippen molar-refractivity contribution in [1.82, 2.24) is 16.0 Å². The van der Waals surface area contributed by atoms with Crippen molar-refractivity contribution < 1.29 is 23.9 Å². The van der Waals surface area contributed by atoms with E-state index in [1.165, 1.54) is 0 Å². The van der Waals surface area contributed by atoms with Crippen molar-refractivity contribution in [3.05, 3.63) is 0 Å². The number of primary amides is 1. The first-order valence-corrected chi connectivity index (χ1v) is 5.18. The Balaban J connectivity index is 3.67. The van der Waals surface area contributed by atoms with Gasteiger partial charge >= 0.3 is 6.09 Å². The second kappa shape index (κ2) is 8.79. The molecule has 18 heavy (non-hydrogen) atoms. The molecule has 5 N–H and O–H groups in total. The number of amides is 4. The first-order chi connectivity index (χ1) is 8.45. The fourth-order valence-corrected chi connectivity index (χ4v) is 0.824. The molecule has 0 saturated carbocycles. The van der Waals surface area contributed by atoms with Gasteiger partial charge in [0.2, 0.25) is 17.7 Å². The molecule has 9 heteroatoms. The van der Waals surface area contributed by atoms with E-state index >= 15 is 0 Å². The Bertz CT molecular complexity index is 331. The molecule has 0 aromatic carbocycles. The molecule has 9 nitrogen and oxygen atoms in total. The second-order valence-corrected chi connectivity index (χ2v) is 3.09. The third-order valence-electron chi connectivity index (χ3n) is 1.57. The lowest BCUT2D eigenvalue weighted by atomic mass is 10.5. The van der Waals surface area contributed by atoms with Crippen LogP contribution in [0, 0.1) is 0 Å². The average Bonchev–Trinajstić information content (AvgIpc) is 2.31. The van der Waals surface area contributed by atoms with E-state index in [1.54, 1.807) is 6.92 Å². The van der Waals surface area contributed by atoms with Crippen molar-refractivity contribution in [3.8, 4) is 0 Å². The molecular weight excluding hydrogens is 244 g/mol. The van der Waals surface area contributed by atoms with Crippen LogP contribution in [0.25, 0.3) is 0 Å². The average molecular weight is 260 g/mol. The van der Waals surface area contributed by atoms with Gasteiger partial charge in [0, 0.05) is 0 Å². The van der Waals surface area contributed by atoms with Crippen LogP contribution in [-0.4, -0.2) is 50.1 Å². The van der Waals surface area contributed by atoms with Gasteiger partial charge < -0.3 is 26.4 Å². The van der Waals surface area contributed by atoms with E-state index in [0.29, 0.717) is 0 Å². The van der Waals surface area contributed by atoms with E-state index in [0.717, 1.165) is 0 Å². The van der Waals surface area contributed by atoms with Crippen molar-refractivity contribution in [2.24, 2.45) is 5.73 Å². The fourth-order valence-electron chi connectivity index (χ4n) is 0.824. The number of nitrogens with one attached hydrogen (secondary N) is 3. The number of carbonyl (C=O) groups excluding carboxylic acids is 4. The molecular formula is C9H16N4O5. The van der Waals surface area contributed by atoms with Gasteiger partial charge in [-0.25, -0.2) is 4.79 Å². The molecule has 0 aromatic heterocycles. The summed E-state index contributed by atoms with van der Waals surface area (Å²) < 4.78 is 4.52. The van der Waals surface area contributed by atoms with Crippen LogP contribution in [-0.2, 0) is 19.1 Å². The minimum atomic E-state index is -0.717. The second-order valence-electron chi connectivity index (χ2n) is 3.09. The van der Waals surface area contributed by atoms with Gasteiger partial charge in [0.15, 0.2) is 0 Å². The molecule has 0 radical (unpaired) electrons. The number of hydrogen-bond acceptors (Lipinski definition) is 5. The molecule has 0 atom stereocenters. The van der Waals surface area contributed by atoms with Crippen molar-refractivity contribution in [1.29, 1.82) is 0 Å². The van der Waals surface area contributed by atoms with Gasteiger partial charge in [-0.05, 0) is 6.92 Å². The molecule has 0 aliphatic heterocycles. The summed E-state index contributed by atoms with van der Waals surface area (Å²) >= 11 is 0. The molecule has 0 aliphatic rings. The highest BCUT2D eigenvalue weighted by Crippen LogP contribution is 1.75. The highest BCUT2D eigenvalue weighted by molar-refractivity contribution is 5.89. The van der Waals surface area contributed by atoms with Crippen molar-refractivity contribution >= 4 is 23.8 Å². The Morgan fingerprint density at radius 2 is 1.44 bits per heavy atom. The SMILES string of the molecule is CCOC(=O)NCC(=O)NCC(=O)NCC(N)=O. The van der Waals surface area contributed by atoms with Crippen LogP contribution in [0.4, 0.5) is 4.79 Å². The van der Waals surface area contributed by atoms with E-state index in [9.17, 15) is 19.2 Å². The first kappa shape index (κ1) is 15.7. The molecule has 0 aromatic rings. The largest absolute Gasteiger partial charge is 0.450 e. The Hall–Kier alpha value is -2.32. The summed E-state index contributed by atoms with van der Waals surface area (Å²) in [5, 5.41) is 6.59. The van der Waals surface area contributed by atoms with Gasteiger partial charge in [-0.15, -0.1) is 0 Å². The highest BCUT2D eigenvalue weighted by atomic mass is 16.5. The molecule has 0 fully saturated rings. The number of ether oxygens (including phenoxy) is 1. The maximum absolute atomic E-state index is 11.1. The summed E-state index contributed by atoms with van der Waals surface area (Å²) in [6.07, 6.45) is -0.717. The molecule has 0 spiro atoms. The van der Waals surface area contributed by atoms with Crippen LogP contribution in [0.1, 0.15) is 6.92 Å². The van der Waals surface area contributed by atoms with Crippen LogP contribution in [0.2, 0.25) is 0 Å². The minimum Gasteiger partial charge on any atom is -0.450 e. The smallest absolute Gasteiger partial charge is 0.407 e. The van der Waals surface area contributed by atoms with Gasteiger partial charge in [-0.3, -0.25) is 14.4 Å². The van der Waals surface area contributed by atoms with E-state index in [1.807, 2.05) is 0 Å². The molecule has 0 bridgehead atoms. The minimum absolute atomic E-state index is 0.197. The molecule has 0 rings (SSSR count). The Labute approximate surface area is 103 Å². The normalized spacial score (nSPS) is 9.17. The van der Waals surface area contributed by atoms with Crippen molar-refractivity contribution in [2.45, 2.75) is 6.92 Å². The summed E-state index contributed by atoms with van der Waals surface area (Å²) in [4.78, 5) is 43.3. The molecule has 4 amide bonds. The number of hydrogen-bond donors (Lipinski definition) is 4. The maximum atomic E-state index is 11.1. The highest BCUT2D eigenvalue weighted by Gasteiger charge is 2.07. The first-order valence-electron chi connectivity index (χ1n) is 5.18. The third kappa shape index (κ3) is 8.95. The predicted molar refractivity (Wildman–Crippen MR) is 60.2 cm³/mol. The van der Waals surface area contributed by atoms with E-state index in [-0.39, 0.29) is 26.2 Å². The number of rotatable bonds is 7. The van der Waals surface area contributed by atoms with Crippen LogP contribution in [0.5, 0.6) is 0 Å². The van der Waals surface area contributed by atoms with Gasteiger partial charge in [-0.2, -0.15) is 0 Å². The van der Waals surface area contributed by atoms with Crippen LogP contribution < -0.4 is 21.7 Å². The lowest BCUT2D eigenvalue weighted by molar-refractivity contribution is -0.126. The molecule has 0 aliphatic carbocycles. The fraction of sp³-hybridized carbons (Fsp3) is 0.556. The van der Waals surface area contributed by atoms with Crippen LogP contribution in [0.3, 0.4) is 0 Å². The lowest BCUT2D eigenvalue weighted by Gasteiger charge is -2.06. The molecule has 0 heterocycles. The van der Waals surface area contributed by atoms with E-state index < -0.39 is 23.8 Å². The van der Waals surface area contributed by atoms with Crippen LogP contribution in [0.15, 0.2) is 0 Å². The van der Waals surface area contributed by atoms with Crippen molar-refractivity contribution in [3.63, 3.8) is 0 Å². The quantitative estimate of drug-likeness (QED) is 0.399. The summed E-state index contributed by atoms with van der Waals surface area (Å²) in [5.74, 6) is -1.80. The summed E-state index contributed by atoms with van der Waals surface area (Å²) in [6.45, 7) is 0.917. The topological polar surface area (TPSA) is 140 Å². The Kier molecular flexibility index (Phi) is 7.66. The predicted octanol–water partition coefficient (Wildman–Crippen LogP) is -2.55. The monoisotopic (exact) mass is 260 g/mol.